The second-order valence-electron chi connectivity index (χ2n) is 6.76. The Morgan fingerprint density at radius 1 is 1.04 bits per heavy atom. The van der Waals surface area contributed by atoms with Crippen molar-refractivity contribution in [2.24, 2.45) is 0 Å². The molecule has 0 atom stereocenters. The van der Waals surface area contributed by atoms with Crippen LogP contribution < -0.4 is 5.32 Å². The van der Waals surface area contributed by atoms with E-state index in [1.165, 1.54) is 10.9 Å². The number of aryl methyl sites for hydroxylation is 1. The molecular formula is C21H21N7. The zero-order chi connectivity index (χ0) is 18.9. The van der Waals surface area contributed by atoms with Crippen molar-refractivity contribution in [2.75, 3.05) is 5.32 Å². The number of para-hydroxylation sites is 1. The van der Waals surface area contributed by atoms with E-state index in [1.807, 2.05) is 56.8 Å². The Hall–Kier alpha value is -3.61. The number of imidazole rings is 1. The van der Waals surface area contributed by atoms with Gasteiger partial charge in [-0.3, -0.25) is 9.36 Å². The van der Waals surface area contributed by atoms with Crippen LogP contribution >= 0.6 is 0 Å². The van der Waals surface area contributed by atoms with Crippen molar-refractivity contribution in [1.29, 1.82) is 0 Å². The molecule has 1 N–H and O–H groups in total. The van der Waals surface area contributed by atoms with Gasteiger partial charge in [-0.2, -0.15) is 10.2 Å². The quantitative estimate of drug-likeness (QED) is 0.496. The lowest BCUT2D eigenvalue weighted by Gasteiger charge is -2.01. The molecule has 7 heteroatoms. The van der Waals surface area contributed by atoms with E-state index in [2.05, 4.69) is 46.6 Å². The Kier molecular flexibility index (Phi) is 4.05. The fraction of sp³-hybridized carbons (Fsp3) is 0.190. The number of fused-ring (bicyclic) bond motifs is 2. The SMILES string of the molecule is CCn1nc(CNc2cnn(Cc3cn4ccccc4n3)c2)c2ccccc21. The van der Waals surface area contributed by atoms with Gasteiger partial charge in [-0.15, -0.1) is 0 Å². The summed E-state index contributed by atoms with van der Waals surface area (Å²) < 4.78 is 5.96. The molecule has 0 aliphatic carbocycles. The summed E-state index contributed by atoms with van der Waals surface area (Å²) in [5.41, 5.74) is 5.11. The molecule has 140 valence electrons. The van der Waals surface area contributed by atoms with Crippen molar-refractivity contribution in [1.82, 2.24) is 28.9 Å². The van der Waals surface area contributed by atoms with Gasteiger partial charge < -0.3 is 9.72 Å². The third kappa shape index (κ3) is 3.00. The van der Waals surface area contributed by atoms with Crippen molar-refractivity contribution < 1.29 is 0 Å². The number of benzene rings is 1. The molecule has 5 aromatic rings. The third-order valence-electron chi connectivity index (χ3n) is 4.87. The summed E-state index contributed by atoms with van der Waals surface area (Å²) in [4.78, 5) is 4.63. The van der Waals surface area contributed by atoms with E-state index in [1.54, 1.807) is 0 Å². The van der Waals surface area contributed by atoms with Crippen molar-refractivity contribution in [3.63, 3.8) is 0 Å². The van der Waals surface area contributed by atoms with Crippen LogP contribution in [0.5, 0.6) is 0 Å². The molecule has 5 rings (SSSR count). The van der Waals surface area contributed by atoms with E-state index < -0.39 is 0 Å². The van der Waals surface area contributed by atoms with Crippen molar-refractivity contribution in [3.05, 3.63) is 78.6 Å². The first kappa shape index (κ1) is 16.6. The Balaban J connectivity index is 1.30. The van der Waals surface area contributed by atoms with Crippen LogP contribution in [-0.4, -0.2) is 28.9 Å². The number of anilines is 1. The summed E-state index contributed by atoms with van der Waals surface area (Å²) in [6, 6.07) is 14.3. The number of nitrogens with one attached hydrogen (secondary N) is 1. The van der Waals surface area contributed by atoms with E-state index in [-0.39, 0.29) is 0 Å². The molecule has 0 aliphatic heterocycles. The van der Waals surface area contributed by atoms with Crippen LogP contribution in [0.1, 0.15) is 18.3 Å². The predicted molar refractivity (Wildman–Crippen MR) is 109 cm³/mol. The number of aromatic nitrogens is 6. The molecule has 0 saturated heterocycles. The molecule has 0 fully saturated rings. The third-order valence-corrected chi connectivity index (χ3v) is 4.87. The van der Waals surface area contributed by atoms with Crippen molar-refractivity contribution in [2.45, 2.75) is 26.6 Å². The lowest BCUT2D eigenvalue weighted by Crippen LogP contribution is -2.02. The zero-order valence-electron chi connectivity index (χ0n) is 15.7. The topological polar surface area (TPSA) is 65.0 Å². The molecule has 0 radical (unpaired) electrons. The lowest BCUT2D eigenvalue weighted by atomic mass is 10.2. The number of pyridine rings is 1. The van der Waals surface area contributed by atoms with Crippen molar-refractivity contribution in [3.8, 4) is 0 Å². The van der Waals surface area contributed by atoms with Gasteiger partial charge in [-0.1, -0.05) is 24.3 Å². The maximum absolute atomic E-state index is 4.74. The van der Waals surface area contributed by atoms with E-state index in [4.69, 9.17) is 5.10 Å². The molecule has 28 heavy (non-hydrogen) atoms. The molecular weight excluding hydrogens is 350 g/mol. The van der Waals surface area contributed by atoms with Crippen LogP contribution in [0.3, 0.4) is 0 Å². The summed E-state index contributed by atoms with van der Waals surface area (Å²) in [7, 11) is 0. The highest BCUT2D eigenvalue weighted by Crippen LogP contribution is 2.19. The summed E-state index contributed by atoms with van der Waals surface area (Å²) in [5.74, 6) is 0. The minimum atomic E-state index is 0.636. The van der Waals surface area contributed by atoms with Crippen LogP contribution in [0.25, 0.3) is 16.6 Å². The van der Waals surface area contributed by atoms with Crippen LogP contribution in [0, 0.1) is 0 Å². The number of rotatable bonds is 6. The highest BCUT2D eigenvalue weighted by Gasteiger charge is 2.09. The van der Waals surface area contributed by atoms with Gasteiger partial charge in [0.2, 0.25) is 0 Å². The average Bonchev–Trinajstić information content (AvgIpc) is 3.43. The Labute approximate surface area is 162 Å². The van der Waals surface area contributed by atoms with Gasteiger partial charge in [0, 0.05) is 30.5 Å². The van der Waals surface area contributed by atoms with Crippen molar-refractivity contribution >= 4 is 22.2 Å². The molecule has 0 spiro atoms. The molecule has 0 amide bonds. The van der Waals surface area contributed by atoms with Crippen LogP contribution in [0.4, 0.5) is 5.69 Å². The van der Waals surface area contributed by atoms with Gasteiger partial charge in [0.25, 0.3) is 0 Å². The summed E-state index contributed by atoms with van der Waals surface area (Å²) in [5, 5.41) is 13.8. The zero-order valence-corrected chi connectivity index (χ0v) is 15.7. The van der Waals surface area contributed by atoms with Crippen LogP contribution in [0.2, 0.25) is 0 Å². The first-order valence-corrected chi connectivity index (χ1v) is 9.43. The molecule has 7 nitrogen and oxygen atoms in total. The number of hydrogen-bond donors (Lipinski definition) is 1. The standard InChI is InChI=1S/C21H21N7/c1-2-28-20-8-4-3-7-18(20)19(25-28)12-22-16-11-23-27(14-16)15-17-13-26-10-6-5-9-21(26)24-17/h3-11,13-14,22H,2,12,15H2,1H3. The maximum atomic E-state index is 4.74. The molecule has 0 unspecified atom stereocenters. The monoisotopic (exact) mass is 371 g/mol. The largest absolute Gasteiger partial charge is 0.377 e. The second kappa shape index (κ2) is 6.84. The second-order valence-corrected chi connectivity index (χ2v) is 6.76. The Morgan fingerprint density at radius 2 is 1.93 bits per heavy atom. The smallest absolute Gasteiger partial charge is 0.137 e. The molecule has 4 aromatic heterocycles. The molecule has 0 bridgehead atoms. The summed E-state index contributed by atoms with van der Waals surface area (Å²) in [6.45, 7) is 4.27. The lowest BCUT2D eigenvalue weighted by molar-refractivity contribution is 0.670. The van der Waals surface area contributed by atoms with Gasteiger partial charge in [0.15, 0.2) is 0 Å². The average molecular weight is 371 g/mol. The van der Waals surface area contributed by atoms with Gasteiger partial charge in [0.1, 0.15) is 5.65 Å². The van der Waals surface area contributed by atoms with Crippen LogP contribution in [-0.2, 0) is 19.6 Å². The highest BCUT2D eigenvalue weighted by atomic mass is 15.3. The van der Waals surface area contributed by atoms with Gasteiger partial charge in [0.05, 0.1) is 41.9 Å². The fourth-order valence-corrected chi connectivity index (χ4v) is 3.52. The first-order valence-electron chi connectivity index (χ1n) is 9.43. The fourth-order valence-electron chi connectivity index (χ4n) is 3.52. The minimum Gasteiger partial charge on any atom is -0.377 e. The number of hydrogen-bond acceptors (Lipinski definition) is 4. The molecule has 4 heterocycles. The summed E-state index contributed by atoms with van der Waals surface area (Å²) in [6.07, 6.45) is 7.88. The van der Waals surface area contributed by atoms with Gasteiger partial charge >= 0.3 is 0 Å². The Bertz CT molecular complexity index is 1210. The van der Waals surface area contributed by atoms with E-state index >= 15 is 0 Å². The van der Waals surface area contributed by atoms with E-state index in [0.717, 1.165) is 29.3 Å². The molecule has 1 aromatic carbocycles. The first-order chi connectivity index (χ1) is 13.8. The maximum Gasteiger partial charge on any atom is 0.137 e. The molecule has 0 aliphatic rings. The van der Waals surface area contributed by atoms with E-state index in [0.29, 0.717) is 13.1 Å². The number of nitrogens with zero attached hydrogens (tertiary/aromatic N) is 6. The summed E-state index contributed by atoms with van der Waals surface area (Å²) >= 11 is 0. The Morgan fingerprint density at radius 3 is 2.82 bits per heavy atom. The highest BCUT2D eigenvalue weighted by molar-refractivity contribution is 5.82. The predicted octanol–water partition coefficient (Wildman–Crippen LogP) is 3.56. The van der Waals surface area contributed by atoms with Crippen LogP contribution in [0.15, 0.2) is 67.3 Å². The van der Waals surface area contributed by atoms with Gasteiger partial charge in [-0.05, 0) is 25.1 Å². The molecule has 0 saturated carbocycles. The van der Waals surface area contributed by atoms with Gasteiger partial charge in [-0.25, -0.2) is 4.98 Å². The normalized spacial score (nSPS) is 11.5. The van der Waals surface area contributed by atoms with E-state index in [9.17, 15) is 0 Å². The minimum absolute atomic E-state index is 0.636.